The molecule has 5 heteroatoms. The lowest BCUT2D eigenvalue weighted by molar-refractivity contribution is -0.385. The zero-order valence-corrected chi connectivity index (χ0v) is 11.9. The number of nitrogens with zero attached hydrogens (tertiary/aromatic N) is 1. The van der Waals surface area contributed by atoms with E-state index in [2.05, 4.69) is 5.32 Å². The van der Waals surface area contributed by atoms with Gasteiger partial charge in [-0.25, -0.2) is 0 Å². The molecular weight excluding hydrogens is 268 g/mol. The first-order valence-corrected chi connectivity index (χ1v) is 6.56. The summed E-state index contributed by atoms with van der Waals surface area (Å²) in [5.41, 5.74) is 3.09. The quantitative estimate of drug-likeness (QED) is 0.692. The van der Waals surface area contributed by atoms with Crippen LogP contribution in [0.1, 0.15) is 27.0 Å². The molecular formula is C16H16N2O3. The number of nitrogens with one attached hydrogen (secondary N) is 1. The lowest BCUT2D eigenvalue weighted by Crippen LogP contribution is -2.22. The summed E-state index contributed by atoms with van der Waals surface area (Å²) in [6, 6.07) is 12.2. The molecule has 0 unspecified atom stereocenters. The fraction of sp³-hybridized carbons (Fsp3) is 0.188. The van der Waals surface area contributed by atoms with Crippen LogP contribution in [-0.4, -0.2) is 10.8 Å². The van der Waals surface area contributed by atoms with Crippen molar-refractivity contribution in [3.63, 3.8) is 0 Å². The van der Waals surface area contributed by atoms with Gasteiger partial charge >= 0.3 is 0 Å². The molecule has 2 aromatic carbocycles. The average Bonchev–Trinajstić information content (AvgIpc) is 2.45. The smallest absolute Gasteiger partial charge is 0.272 e. The molecule has 108 valence electrons. The molecule has 0 heterocycles. The topological polar surface area (TPSA) is 72.2 Å². The molecule has 0 aliphatic rings. The van der Waals surface area contributed by atoms with Crippen LogP contribution in [-0.2, 0) is 6.54 Å². The molecule has 5 nitrogen and oxygen atoms in total. The first-order chi connectivity index (χ1) is 9.97. The average molecular weight is 284 g/mol. The van der Waals surface area contributed by atoms with Gasteiger partial charge in [0.1, 0.15) is 0 Å². The number of rotatable bonds is 4. The van der Waals surface area contributed by atoms with Gasteiger partial charge in [0.15, 0.2) is 0 Å². The zero-order chi connectivity index (χ0) is 15.4. The second-order valence-corrected chi connectivity index (χ2v) is 4.93. The number of hydrogen-bond acceptors (Lipinski definition) is 3. The van der Waals surface area contributed by atoms with E-state index in [0.717, 1.165) is 11.1 Å². The molecule has 21 heavy (non-hydrogen) atoms. The van der Waals surface area contributed by atoms with Gasteiger partial charge in [0.05, 0.1) is 4.92 Å². The molecule has 0 spiro atoms. The fourth-order valence-corrected chi connectivity index (χ4v) is 1.99. The minimum atomic E-state index is -0.455. The van der Waals surface area contributed by atoms with Gasteiger partial charge in [-0.1, -0.05) is 29.8 Å². The van der Waals surface area contributed by atoms with Crippen molar-refractivity contribution in [3.8, 4) is 0 Å². The summed E-state index contributed by atoms with van der Waals surface area (Å²) < 4.78 is 0. The molecule has 1 amide bonds. The molecule has 0 atom stereocenters. The van der Waals surface area contributed by atoms with E-state index in [9.17, 15) is 14.9 Å². The Hall–Kier alpha value is -2.69. The molecule has 0 saturated carbocycles. The van der Waals surface area contributed by atoms with Gasteiger partial charge in [0.25, 0.3) is 11.6 Å². The van der Waals surface area contributed by atoms with Gasteiger partial charge in [-0.3, -0.25) is 14.9 Å². The first kappa shape index (κ1) is 14.7. The maximum Gasteiger partial charge on any atom is 0.272 e. The third kappa shape index (κ3) is 3.66. The van der Waals surface area contributed by atoms with Gasteiger partial charge in [0.2, 0.25) is 0 Å². The lowest BCUT2D eigenvalue weighted by Gasteiger charge is -2.07. The van der Waals surface area contributed by atoms with E-state index in [4.69, 9.17) is 0 Å². The predicted octanol–water partition coefficient (Wildman–Crippen LogP) is 3.14. The lowest BCUT2D eigenvalue weighted by atomic mass is 10.1. The molecule has 0 saturated heterocycles. The Morgan fingerprint density at radius 2 is 1.81 bits per heavy atom. The van der Waals surface area contributed by atoms with Crippen LogP contribution in [0.3, 0.4) is 0 Å². The van der Waals surface area contributed by atoms with E-state index in [1.165, 1.54) is 18.2 Å². The van der Waals surface area contributed by atoms with Crippen LogP contribution >= 0.6 is 0 Å². The number of hydrogen-bond donors (Lipinski definition) is 1. The van der Waals surface area contributed by atoms with Crippen LogP contribution in [0.25, 0.3) is 0 Å². The Morgan fingerprint density at radius 1 is 1.14 bits per heavy atom. The number of benzene rings is 2. The highest BCUT2D eigenvalue weighted by atomic mass is 16.6. The number of aryl methyl sites for hydroxylation is 2. The van der Waals surface area contributed by atoms with Gasteiger partial charge in [-0.05, 0) is 31.5 Å². The molecule has 0 radical (unpaired) electrons. The van der Waals surface area contributed by atoms with Crippen molar-refractivity contribution in [1.82, 2.24) is 5.32 Å². The molecule has 0 aliphatic heterocycles. The summed E-state index contributed by atoms with van der Waals surface area (Å²) in [5.74, 6) is -0.242. The molecule has 0 fully saturated rings. The third-order valence-corrected chi connectivity index (χ3v) is 3.23. The maximum absolute atomic E-state index is 12.0. The van der Waals surface area contributed by atoms with Crippen molar-refractivity contribution in [1.29, 1.82) is 0 Å². The molecule has 0 aliphatic carbocycles. The highest BCUT2D eigenvalue weighted by molar-refractivity contribution is 5.94. The SMILES string of the molecule is Cc1ccc(CNC(=O)c2ccc([N+](=O)[O-])c(C)c2)cc1. The van der Waals surface area contributed by atoms with E-state index in [1.807, 2.05) is 31.2 Å². The number of nitro benzene ring substituents is 1. The Bertz CT molecular complexity index is 678. The summed E-state index contributed by atoms with van der Waals surface area (Å²) in [4.78, 5) is 22.3. The van der Waals surface area contributed by atoms with Gasteiger partial charge < -0.3 is 5.32 Å². The third-order valence-electron chi connectivity index (χ3n) is 3.23. The van der Waals surface area contributed by atoms with Crippen LogP contribution in [0.2, 0.25) is 0 Å². The van der Waals surface area contributed by atoms with Crippen LogP contribution in [0.4, 0.5) is 5.69 Å². The minimum absolute atomic E-state index is 0.0186. The summed E-state index contributed by atoms with van der Waals surface area (Å²) >= 11 is 0. The molecule has 0 aromatic heterocycles. The van der Waals surface area contributed by atoms with Crippen LogP contribution in [0, 0.1) is 24.0 Å². The number of carbonyl (C=O) groups excluding carboxylic acids is 1. The Morgan fingerprint density at radius 3 is 2.38 bits per heavy atom. The number of amides is 1. The van der Waals surface area contributed by atoms with E-state index >= 15 is 0 Å². The van der Waals surface area contributed by atoms with Crippen LogP contribution < -0.4 is 5.32 Å². The van der Waals surface area contributed by atoms with Crippen LogP contribution in [0.5, 0.6) is 0 Å². The zero-order valence-electron chi connectivity index (χ0n) is 11.9. The monoisotopic (exact) mass is 284 g/mol. The first-order valence-electron chi connectivity index (χ1n) is 6.56. The maximum atomic E-state index is 12.0. The molecule has 0 bridgehead atoms. The number of nitro groups is 1. The van der Waals surface area contributed by atoms with Gasteiger partial charge in [-0.2, -0.15) is 0 Å². The summed E-state index contributed by atoms with van der Waals surface area (Å²) in [6.45, 7) is 4.05. The van der Waals surface area contributed by atoms with E-state index < -0.39 is 4.92 Å². The van der Waals surface area contributed by atoms with Crippen LogP contribution in [0.15, 0.2) is 42.5 Å². The molecule has 2 aromatic rings. The van der Waals surface area contributed by atoms with E-state index in [1.54, 1.807) is 6.92 Å². The highest BCUT2D eigenvalue weighted by Crippen LogP contribution is 2.18. The van der Waals surface area contributed by atoms with Crippen molar-refractivity contribution >= 4 is 11.6 Å². The minimum Gasteiger partial charge on any atom is -0.348 e. The van der Waals surface area contributed by atoms with E-state index in [-0.39, 0.29) is 11.6 Å². The highest BCUT2D eigenvalue weighted by Gasteiger charge is 2.13. The molecule has 1 N–H and O–H groups in total. The summed E-state index contributed by atoms with van der Waals surface area (Å²) in [7, 11) is 0. The van der Waals surface area contributed by atoms with Crippen molar-refractivity contribution in [3.05, 3.63) is 74.8 Å². The Labute approximate surface area is 122 Å². The Balaban J connectivity index is 2.05. The summed E-state index contributed by atoms with van der Waals surface area (Å²) in [6.07, 6.45) is 0. The second kappa shape index (κ2) is 6.17. The second-order valence-electron chi connectivity index (χ2n) is 4.93. The fourth-order valence-electron chi connectivity index (χ4n) is 1.99. The normalized spacial score (nSPS) is 10.2. The van der Waals surface area contributed by atoms with Gasteiger partial charge in [-0.15, -0.1) is 0 Å². The van der Waals surface area contributed by atoms with Crippen molar-refractivity contribution in [2.75, 3.05) is 0 Å². The summed E-state index contributed by atoms with van der Waals surface area (Å²) in [5, 5.41) is 13.5. The largest absolute Gasteiger partial charge is 0.348 e. The predicted molar refractivity (Wildman–Crippen MR) is 80.2 cm³/mol. The van der Waals surface area contributed by atoms with E-state index in [0.29, 0.717) is 17.7 Å². The number of carbonyl (C=O) groups is 1. The van der Waals surface area contributed by atoms with Crippen molar-refractivity contribution in [2.24, 2.45) is 0 Å². The van der Waals surface area contributed by atoms with Gasteiger partial charge in [0, 0.05) is 23.7 Å². The standard InChI is InChI=1S/C16H16N2O3/c1-11-3-5-13(6-4-11)10-17-16(19)14-7-8-15(18(20)21)12(2)9-14/h3-9H,10H2,1-2H3,(H,17,19). The molecule has 2 rings (SSSR count). The van der Waals surface area contributed by atoms with Crippen molar-refractivity contribution < 1.29 is 9.72 Å². The Kier molecular flexibility index (Phi) is 4.33. The van der Waals surface area contributed by atoms with Crippen molar-refractivity contribution in [2.45, 2.75) is 20.4 Å².